The van der Waals surface area contributed by atoms with Crippen LogP contribution in [-0.2, 0) is 4.79 Å². The second-order valence-electron chi connectivity index (χ2n) is 5.71. The molecule has 130 valence electrons. The number of carbonyl (C=O) groups is 2. The molecule has 1 heterocycles. The summed E-state index contributed by atoms with van der Waals surface area (Å²) < 4.78 is 5.09. The lowest BCUT2D eigenvalue weighted by atomic mass is 10.1. The molecular weight excluding hydrogens is 328 g/mol. The lowest BCUT2D eigenvalue weighted by Crippen LogP contribution is -2.15. The van der Waals surface area contributed by atoms with Crippen molar-refractivity contribution in [2.75, 3.05) is 10.6 Å². The minimum atomic E-state index is -0.380. The zero-order chi connectivity index (χ0) is 18.4. The smallest absolute Gasteiger partial charge is 0.291 e. The third-order valence-electron chi connectivity index (χ3n) is 3.65. The van der Waals surface area contributed by atoms with E-state index in [0.29, 0.717) is 11.4 Å². The molecule has 5 heteroatoms. The molecule has 0 unspecified atom stereocenters. The van der Waals surface area contributed by atoms with Gasteiger partial charge in [-0.1, -0.05) is 36.4 Å². The molecule has 0 aliphatic carbocycles. The fourth-order valence-electron chi connectivity index (χ4n) is 2.37. The van der Waals surface area contributed by atoms with Gasteiger partial charge in [-0.15, -0.1) is 0 Å². The molecule has 5 nitrogen and oxygen atoms in total. The summed E-state index contributed by atoms with van der Waals surface area (Å²) in [6.45, 7) is 1.91. The quantitative estimate of drug-likeness (QED) is 0.669. The van der Waals surface area contributed by atoms with E-state index in [0.717, 1.165) is 11.1 Å². The van der Waals surface area contributed by atoms with E-state index in [1.54, 1.807) is 30.3 Å². The average molecular weight is 346 g/mol. The van der Waals surface area contributed by atoms with Crippen LogP contribution in [0.3, 0.4) is 0 Å². The summed E-state index contributed by atoms with van der Waals surface area (Å²) >= 11 is 0. The highest BCUT2D eigenvalue weighted by molar-refractivity contribution is 6.08. The number of furan rings is 1. The van der Waals surface area contributed by atoms with E-state index in [1.807, 2.05) is 43.3 Å². The van der Waals surface area contributed by atoms with Gasteiger partial charge in [0.2, 0.25) is 5.91 Å². The van der Waals surface area contributed by atoms with E-state index in [2.05, 4.69) is 10.6 Å². The molecule has 2 N–H and O–H groups in total. The summed E-state index contributed by atoms with van der Waals surface area (Å²) in [5.41, 5.74) is 2.91. The molecular formula is C21H18N2O3. The Morgan fingerprint density at radius 1 is 0.923 bits per heavy atom. The lowest BCUT2D eigenvalue weighted by molar-refractivity contribution is -0.111. The van der Waals surface area contributed by atoms with Gasteiger partial charge in [0.15, 0.2) is 5.76 Å². The molecule has 26 heavy (non-hydrogen) atoms. The van der Waals surface area contributed by atoms with E-state index < -0.39 is 0 Å². The molecule has 0 aliphatic heterocycles. The van der Waals surface area contributed by atoms with Crippen LogP contribution in [0.5, 0.6) is 0 Å². The van der Waals surface area contributed by atoms with Gasteiger partial charge < -0.3 is 15.1 Å². The van der Waals surface area contributed by atoms with E-state index in [4.69, 9.17) is 4.42 Å². The van der Waals surface area contributed by atoms with Gasteiger partial charge in [0.25, 0.3) is 5.91 Å². The number of nitrogens with one attached hydrogen (secondary N) is 2. The monoisotopic (exact) mass is 346 g/mol. The van der Waals surface area contributed by atoms with Crippen molar-refractivity contribution in [1.29, 1.82) is 0 Å². The number of amides is 2. The second-order valence-corrected chi connectivity index (χ2v) is 5.71. The summed E-state index contributed by atoms with van der Waals surface area (Å²) in [7, 11) is 0. The van der Waals surface area contributed by atoms with Crippen molar-refractivity contribution in [2.45, 2.75) is 6.92 Å². The van der Waals surface area contributed by atoms with Crippen LogP contribution in [0.2, 0.25) is 0 Å². The van der Waals surface area contributed by atoms with Crippen LogP contribution < -0.4 is 10.6 Å². The van der Waals surface area contributed by atoms with Crippen molar-refractivity contribution in [1.82, 2.24) is 0 Å². The van der Waals surface area contributed by atoms with Crippen LogP contribution in [0.25, 0.3) is 6.08 Å². The molecule has 0 aliphatic rings. The maximum Gasteiger partial charge on any atom is 0.291 e. The molecule has 0 spiro atoms. The van der Waals surface area contributed by atoms with Gasteiger partial charge in [-0.3, -0.25) is 9.59 Å². The van der Waals surface area contributed by atoms with Crippen LogP contribution in [0.4, 0.5) is 11.4 Å². The van der Waals surface area contributed by atoms with Crippen LogP contribution in [0, 0.1) is 6.92 Å². The highest BCUT2D eigenvalue weighted by atomic mass is 16.3. The predicted molar refractivity (Wildman–Crippen MR) is 102 cm³/mol. The lowest BCUT2D eigenvalue weighted by Gasteiger charge is -2.11. The van der Waals surface area contributed by atoms with Crippen molar-refractivity contribution in [2.24, 2.45) is 0 Å². The van der Waals surface area contributed by atoms with Crippen molar-refractivity contribution >= 4 is 29.3 Å². The number of hydrogen-bond acceptors (Lipinski definition) is 3. The topological polar surface area (TPSA) is 71.3 Å². The first-order chi connectivity index (χ1) is 12.6. The van der Waals surface area contributed by atoms with E-state index >= 15 is 0 Å². The normalized spacial score (nSPS) is 10.7. The van der Waals surface area contributed by atoms with Gasteiger partial charge in [-0.25, -0.2) is 0 Å². The van der Waals surface area contributed by atoms with E-state index in [1.165, 1.54) is 12.3 Å². The van der Waals surface area contributed by atoms with Gasteiger partial charge in [-0.05, 0) is 48.4 Å². The van der Waals surface area contributed by atoms with Gasteiger partial charge in [0.05, 0.1) is 17.6 Å². The van der Waals surface area contributed by atoms with Crippen LogP contribution in [0.15, 0.2) is 77.4 Å². The first-order valence-electron chi connectivity index (χ1n) is 8.11. The van der Waals surface area contributed by atoms with Crippen molar-refractivity contribution in [3.8, 4) is 0 Å². The first kappa shape index (κ1) is 17.2. The van der Waals surface area contributed by atoms with Crippen LogP contribution in [0.1, 0.15) is 21.7 Å². The highest BCUT2D eigenvalue weighted by Crippen LogP contribution is 2.24. The molecule has 2 aromatic carbocycles. The summed E-state index contributed by atoms with van der Waals surface area (Å²) in [4.78, 5) is 24.4. The maximum absolute atomic E-state index is 12.2. The fraction of sp³-hybridized carbons (Fsp3) is 0.0476. The summed E-state index contributed by atoms with van der Waals surface area (Å²) in [6.07, 6.45) is 4.61. The Hall–Kier alpha value is -3.60. The number of hydrogen-bond donors (Lipinski definition) is 2. The summed E-state index contributed by atoms with van der Waals surface area (Å²) in [5.74, 6) is -0.464. The SMILES string of the molecule is Cc1ccc(NC(=O)c2ccco2)c(NC(=O)/C=C/c2ccccc2)c1. The third kappa shape index (κ3) is 4.48. The molecule has 0 atom stereocenters. The molecule has 2 amide bonds. The Kier molecular flexibility index (Phi) is 5.29. The van der Waals surface area contributed by atoms with Crippen LogP contribution >= 0.6 is 0 Å². The van der Waals surface area contributed by atoms with Gasteiger partial charge in [0, 0.05) is 6.08 Å². The number of aryl methyl sites for hydroxylation is 1. The Morgan fingerprint density at radius 2 is 1.73 bits per heavy atom. The third-order valence-corrected chi connectivity index (χ3v) is 3.65. The predicted octanol–water partition coefficient (Wildman–Crippen LogP) is 4.49. The Labute approximate surface area is 151 Å². The van der Waals surface area contributed by atoms with E-state index in [-0.39, 0.29) is 17.6 Å². The molecule has 0 bridgehead atoms. The Bertz CT molecular complexity index is 929. The van der Waals surface area contributed by atoms with Gasteiger partial charge in [0.1, 0.15) is 0 Å². The Balaban J connectivity index is 1.74. The average Bonchev–Trinajstić information content (AvgIpc) is 3.18. The molecule has 0 fully saturated rings. The molecule has 0 saturated heterocycles. The maximum atomic E-state index is 12.2. The fourth-order valence-corrected chi connectivity index (χ4v) is 2.37. The molecule has 0 radical (unpaired) electrons. The minimum Gasteiger partial charge on any atom is -0.459 e. The summed E-state index contributed by atoms with van der Waals surface area (Å²) in [6, 6.07) is 18.1. The number of benzene rings is 2. The minimum absolute atomic E-state index is 0.201. The Morgan fingerprint density at radius 3 is 2.46 bits per heavy atom. The molecule has 0 saturated carbocycles. The van der Waals surface area contributed by atoms with Crippen LogP contribution in [-0.4, -0.2) is 11.8 Å². The zero-order valence-corrected chi connectivity index (χ0v) is 14.2. The standard InChI is InChI=1S/C21H18N2O3/c1-15-9-11-17(23-21(25)19-8-5-13-26-19)18(14-15)22-20(24)12-10-16-6-3-2-4-7-16/h2-14H,1H3,(H,22,24)(H,23,25)/b12-10+. The van der Waals surface area contributed by atoms with Crippen molar-refractivity contribution in [3.63, 3.8) is 0 Å². The number of anilines is 2. The molecule has 3 aromatic rings. The molecule has 1 aromatic heterocycles. The molecule has 3 rings (SSSR count). The van der Waals surface area contributed by atoms with Gasteiger partial charge in [-0.2, -0.15) is 0 Å². The number of carbonyl (C=O) groups excluding carboxylic acids is 2. The number of rotatable bonds is 5. The van der Waals surface area contributed by atoms with Gasteiger partial charge >= 0.3 is 0 Å². The zero-order valence-electron chi connectivity index (χ0n) is 14.2. The summed E-state index contributed by atoms with van der Waals surface area (Å²) in [5, 5.41) is 5.55. The first-order valence-corrected chi connectivity index (χ1v) is 8.11. The highest BCUT2D eigenvalue weighted by Gasteiger charge is 2.12. The largest absolute Gasteiger partial charge is 0.459 e. The van der Waals surface area contributed by atoms with E-state index in [9.17, 15) is 9.59 Å². The van der Waals surface area contributed by atoms with Crippen molar-refractivity contribution < 1.29 is 14.0 Å². The van der Waals surface area contributed by atoms with Crippen molar-refractivity contribution in [3.05, 3.63) is 89.9 Å². The second kappa shape index (κ2) is 7.98.